The van der Waals surface area contributed by atoms with Crippen molar-refractivity contribution in [2.24, 2.45) is 0 Å². The highest BCUT2D eigenvalue weighted by Crippen LogP contribution is 2.12. The number of carbonyl (C=O) groups is 2. The third-order valence-corrected chi connectivity index (χ3v) is 2.41. The maximum atomic E-state index is 12.0. The summed E-state index contributed by atoms with van der Waals surface area (Å²) in [6, 6.07) is 1.57. The van der Waals surface area contributed by atoms with Gasteiger partial charge in [-0.2, -0.15) is 0 Å². The Balaban J connectivity index is 2.19. The highest BCUT2D eigenvalue weighted by molar-refractivity contribution is 6.00. The van der Waals surface area contributed by atoms with Gasteiger partial charge in [0.05, 0.1) is 12.1 Å². The third kappa shape index (κ3) is 1.95. The normalized spacial score (nSPS) is 15.8. The molecule has 1 aromatic rings. The molecule has 2 heterocycles. The van der Waals surface area contributed by atoms with Crippen molar-refractivity contribution in [3.8, 4) is 0 Å². The second kappa shape index (κ2) is 4.18. The Morgan fingerprint density at radius 3 is 3.06 bits per heavy atom. The van der Waals surface area contributed by atoms with Crippen LogP contribution >= 0.6 is 0 Å². The lowest BCUT2D eigenvalue weighted by molar-refractivity contribution is -0.123. The average Bonchev–Trinajstić information content (AvgIpc) is 2.29. The fraction of sp³-hybridized carbons (Fsp3) is 0.300. The molecule has 6 heteroatoms. The molecule has 0 radical (unpaired) electrons. The Hall–Kier alpha value is -2.11. The zero-order chi connectivity index (χ0) is 11.5. The predicted octanol–water partition coefficient (Wildman–Crippen LogP) is -0.764. The zero-order valence-electron chi connectivity index (χ0n) is 8.64. The first-order valence-corrected chi connectivity index (χ1v) is 4.94. The second-order valence-corrected chi connectivity index (χ2v) is 3.54. The molecule has 0 saturated carbocycles. The minimum Gasteiger partial charge on any atom is -0.398 e. The summed E-state index contributed by atoms with van der Waals surface area (Å²) < 4.78 is 0. The van der Waals surface area contributed by atoms with Crippen LogP contribution in [0.15, 0.2) is 18.5 Å². The fourth-order valence-corrected chi connectivity index (χ4v) is 1.57. The Bertz CT molecular complexity index is 433. The number of piperazine rings is 1. The molecule has 1 aromatic heterocycles. The van der Waals surface area contributed by atoms with Crippen molar-refractivity contribution < 1.29 is 9.59 Å². The topological polar surface area (TPSA) is 88.3 Å². The Morgan fingerprint density at radius 2 is 2.38 bits per heavy atom. The van der Waals surface area contributed by atoms with Gasteiger partial charge in [-0.25, -0.2) is 0 Å². The summed E-state index contributed by atoms with van der Waals surface area (Å²) >= 11 is 0. The molecule has 1 aliphatic heterocycles. The van der Waals surface area contributed by atoms with Crippen molar-refractivity contribution in [2.45, 2.75) is 0 Å². The zero-order valence-corrected chi connectivity index (χ0v) is 8.64. The van der Waals surface area contributed by atoms with Crippen molar-refractivity contribution in [3.05, 3.63) is 24.0 Å². The standard InChI is InChI=1S/C10H12N4O2/c11-8-1-2-12-5-7(8)10(16)14-4-3-13-9(15)6-14/h1-2,5H,3-4,6H2,(H2,11,12)(H,13,15). The van der Waals surface area contributed by atoms with Gasteiger partial charge in [0.1, 0.15) is 0 Å². The van der Waals surface area contributed by atoms with E-state index in [2.05, 4.69) is 10.3 Å². The second-order valence-electron chi connectivity index (χ2n) is 3.54. The number of aromatic nitrogens is 1. The number of rotatable bonds is 1. The van der Waals surface area contributed by atoms with Gasteiger partial charge < -0.3 is 16.0 Å². The molecular weight excluding hydrogens is 208 g/mol. The number of carbonyl (C=O) groups excluding carboxylic acids is 2. The SMILES string of the molecule is Nc1ccncc1C(=O)N1CCNC(=O)C1. The van der Waals surface area contributed by atoms with E-state index >= 15 is 0 Å². The van der Waals surface area contributed by atoms with Crippen LogP contribution in [0, 0.1) is 0 Å². The number of nitrogens with two attached hydrogens (primary N) is 1. The molecule has 16 heavy (non-hydrogen) atoms. The Labute approximate surface area is 92.4 Å². The molecule has 1 saturated heterocycles. The fourth-order valence-electron chi connectivity index (χ4n) is 1.57. The van der Waals surface area contributed by atoms with Crippen LogP contribution in [0.25, 0.3) is 0 Å². The predicted molar refractivity (Wildman–Crippen MR) is 57.6 cm³/mol. The van der Waals surface area contributed by atoms with Gasteiger partial charge in [-0.15, -0.1) is 0 Å². The van der Waals surface area contributed by atoms with Crippen LogP contribution in [0.2, 0.25) is 0 Å². The number of pyridine rings is 1. The van der Waals surface area contributed by atoms with E-state index in [1.54, 1.807) is 6.07 Å². The van der Waals surface area contributed by atoms with E-state index in [4.69, 9.17) is 5.73 Å². The maximum absolute atomic E-state index is 12.0. The quantitative estimate of drug-likeness (QED) is 0.651. The number of hydrogen-bond donors (Lipinski definition) is 2. The van der Waals surface area contributed by atoms with Crippen molar-refractivity contribution in [2.75, 3.05) is 25.4 Å². The van der Waals surface area contributed by atoms with Gasteiger partial charge in [0.2, 0.25) is 5.91 Å². The summed E-state index contributed by atoms with van der Waals surface area (Å²) in [6.07, 6.45) is 2.94. The number of nitrogens with one attached hydrogen (secondary N) is 1. The molecule has 2 rings (SSSR count). The minimum atomic E-state index is -0.250. The van der Waals surface area contributed by atoms with E-state index in [0.717, 1.165) is 0 Å². The highest BCUT2D eigenvalue weighted by atomic mass is 16.2. The van der Waals surface area contributed by atoms with Crippen LogP contribution in [0.5, 0.6) is 0 Å². The van der Waals surface area contributed by atoms with Crippen LogP contribution in [0.4, 0.5) is 5.69 Å². The van der Waals surface area contributed by atoms with Crippen LogP contribution < -0.4 is 11.1 Å². The van der Waals surface area contributed by atoms with Gasteiger partial charge in [-0.1, -0.05) is 0 Å². The van der Waals surface area contributed by atoms with E-state index in [0.29, 0.717) is 24.3 Å². The van der Waals surface area contributed by atoms with Crippen molar-refractivity contribution in [1.82, 2.24) is 15.2 Å². The van der Waals surface area contributed by atoms with Crippen molar-refractivity contribution in [1.29, 1.82) is 0 Å². The smallest absolute Gasteiger partial charge is 0.258 e. The first-order chi connectivity index (χ1) is 7.68. The van der Waals surface area contributed by atoms with Crippen LogP contribution in [0.1, 0.15) is 10.4 Å². The first-order valence-electron chi connectivity index (χ1n) is 4.94. The van der Waals surface area contributed by atoms with Gasteiger partial charge >= 0.3 is 0 Å². The van der Waals surface area contributed by atoms with Gasteiger partial charge in [0, 0.05) is 31.2 Å². The summed E-state index contributed by atoms with van der Waals surface area (Å²) in [5.74, 6) is -0.400. The molecule has 6 nitrogen and oxygen atoms in total. The van der Waals surface area contributed by atoms with Gasteiger partial charge in [-0.3, -0.25) is 14.6 Å². The number of hydrogen-bond acceptors (Lipinski definition) is 4. The van der Waals surface area contributed by atoms with E-state index < -0.39 is 0 Å². The summed E-state index contributed by atoms with van der Waals surface area (Å²) in [5, 5.41) is 2.65. The molecule has 0 unspecified atom stereocenters. The molecule has 2 amide bonds. The average molecular weight is 220 g/mol. The van der Waals surface area contributed by atoms with E-state index in [-0.39, 0.29) is 18.4 Å². The monoisotopic (exact) mass is 220 g/mol. The van der Waals surface area contributed by atoms with E-state index in [1.807, 2.05) is 0 Å². The number of amides is 2. The van der Waals surface area contributed by atoms with Gasteiger partial charge in [0.15, 0.2) is 0 Å². The molecule has 84 valence electrons. The van der Waals surface area contributed by atoms with Crippen molar-refractivity contribution in [3.63, 3.8) is 0 Å². The lowest BCUT2D eigenvalue weighted by Crippen LogP contribution is -2.50. The molecule has 1 fully saturated rings. The van der Waals surface area contributed by atoms with Gasteiger partial charge in [-0.05, 0) is 6.07 Å². The maximum Gasteiger partial charge on any atom is 0.258 e. The summed E-state index contributed by atoms with van der Waals surface area (Å²) in [5.41, 5.74) is 6.40. The molecule has 0 atom stereocenters. The number of nitrogen functional groups attached to an aromatic ring is 1. The summed E-state index contributed by atoms with van der Waals surface area (Å²) in [6.45, 7) is 1.05. The van der Waals surface area contributed by atoms with E-state index in [1.165, 1.54) is 17.3 Å². The molecule has 0 spiro atoms. The highest BCUT2D eigenvalue weighted by Gasteiger charge is 2.23. The Kier molecular flexibility index (Phi) is 2.72. The largest absolute Gasteiger partial charge is 0.398 e. The molecule has 3 N–H and O–H groups in total. The number of anilines is 1. The molecule has 0 aliphatic carbocycles. The first kappa shape index (κ1) is 10.4. The van der Waals surface area contributed by atoms with Gasteiger partial charge in [0.25, 0.3) is 5.91 Å². The van der Waals surface area contributed by atoms with Crippen LogP contribution in [-0.4, -0.2) is 41.3 Å². The molecule has 0 aromatic carbocycles. The van der Waals surface area contributed by atoms with Crippen molar-refractivity contribution >= 4 is 17.5 Å². The lowest BCUT2D eigenvalue weighted by Gasteiger charge is -2.26. The third-order valence-electron chi connectivity index (χ3n) is 2.41. The van der Waals surface area contributed by atoms with Crippen LogP contribution in [-0.2, 0) is 4.79 Å². The lowest BCUT2D eigenvalue weighted by atomic mass is 10.2. The minimum absolute atomic E-state index is 0.0766. The molecular formula is C10H12N4O2. The summed E-state index contributed by atoms with van der Waals surface area (Å²) in [4.78, 5) is 28.5. The Morgan fingerprint density at radius 1 is 1.56 bits per heavy atom. The number of nitrogens with zero attached hydrogens (tertiary/aromatic N) is 2. The molecule has 1 aliphatic rings. The van der Waals surface area contributed by atoms with Crippen LogP contribution in [0.3, 0.4) is 0 Å². The summed E-state index contributed by atoms with van der Waals surface area (Å²) in [7, 11) is 0. The van der Waals surface area contributed by atoms with E-state index in [9.17, 15) is 9.59 Å². The molecule has 0 bridgehead atoms.